The molecule has 0 aromatic carbocycles. The first-order valence-corrected chi connectivity index (χ1v) is 8.21. The number of hydrogen-bond donors (Lipinski definition) is 0. The molecule has 18 heavy (non-hydrogen) atoms. The highest BCUT2D eigenvalue weighted by Crippen LogP contribution is 2.56. The zero-order valence-corrected chi connectivity index (χ0v) is 14.1. The molecule has 0 bridgehead atoms. The zero-order valence-electron chi connectivity index (χ0n) is 14.1. The van der Waals surface area contributed by atoms with E-state index in [-0.39, 0.29) is 0 Å². The molecule has 0 N–H and O–H groups in total. The molecule has 5 atom stereocenters. The second-order valence-corrected chi connectivity index (χ2v) is 8.09. The van der Waals surface area contributed by atoms with Crippen LogP contribution in [0.1, 0.15) is 74.7 Å². The molecule has 0 nitrogen and oxygen atoms in total. The minimum atomic E-state index is 0.546. The van der Waals surface area contributed by atoms with Crippen LogP contribution in [-0.4, -0.2) is 0 Å². The van der Waals surface area contributed by atoms with E-state index in [9.17, 15) is 0 Å². The van der Waals surface area contributed by atoms with E-state index >= 15 is 0 Å². The zero-order chi connectivity index (χ0) is 14.1. The van der Waals surface area contributed by atoms with Crippen molar-refractivity contribution in [1.29, 1.82) is 0 Å². The summed E-state index contributed by atoms with van der Waals surface area (Å²) in [7, 11) is 0. The Balaban J connectivity index is 2.64. The second kappa shape index (κ2) is 5.97. The molecule has 1 aliphatic carbocycles. The maximum Gasteiger partial charge on any atom is -0.0293 e. The molecule has 108 valence electrons. The Labute approximate surface area is 116 Å². The molecule has 0 aliphatic heterocycles. The van der Waals surface area contributed by atoms with Crippen LogP contribution in [0.2, 0.25) is 0 Å². The highest BCUT2D eigenvalue weighted by Gasteiger charge is 2.49. The van der Waals surface area contributed by atoms with Gasteiger partial charge in [0.25, 0.3) is 0 Å². The van der Waals surface area contributed by atoms with Crippen LogP contribution < -0.4 is 0 Å². The highest BCUT2D eigenvalue weighted by molar-refractivity contribution is 4.98. The SMILES string of the molecule is CCC(C(C)CC(C)C(C)C)C(C)(C)C1CC1C. The Bertz CT molecular complexity index is 251. The van der Waals surface area contributed by atoms with Gasteiger partial charge in [0.15, 0.2) is 0 Å². The molecule has 1 fully saturated rings. The predicted octanol–water partition coefficient (Wildman–Crippen LogP) is 6.01. The van der Waals surface area contributed by atoms with Crippen molar-refractivity contribution in [3.8, 4) is 0 Å². The van der Waals surface area contributed by atoms with Gasteiger partial charge in [0.05, 0.1) is 0 Å². The van der Waals surface area contributed by atoms with Crippen LogP contribution in [-0.2, 0) is 0 Å². The third-order valence-corrected chi connectivity index (χ3v) is 6.03. The van der Waals surface area contributed by atoms with Crippen LogP contribution in [0.3, 0.4) is 0 Å². The van der Waals surface area contributed by atoms with Crippen molar-refractivity contribution in [3.63, 3.8) is 0 Å². The van der Waals surface area contributed by atoms with Gasteiger partial charge in [-0.15, -0.1) is 0 Å². The quantitative estimate of drug-likeness (QED) is 0.520. The van der Waals surface area contributed by atoms with Crippen molar-refractivity contribution < 1.29 is 0 Å². The van der Waals surface area contributed by atoms with Gasteiger partial charge in [0, 0.05) is 0 Å². The fourth-order valence-electron chi connectivity index (χ4n) is 4.32. The van der Waals surface area contributed by atoms with Crippen molar-refractivity contribution in [1.82, 2.24) is 0 Å². The van der Waals surface area contributed by atoms with Gasteiger partial charge < -0.3 is 0 Å². The molecule has 0 aromatic rings. The van der Waals surface area contributed by atoms with Crippen LogP contribution in [0.15, 0.2) is 0 Å². The summed E-state index contributed by atoms with van der Waals surface area (Å²) in [6, 6.07) is 0. The summed E-state index contributed by atoms with van der Waals surface area (Å²) >= 11 is 0. The van der Waals surface area contributed by atoms with Crippen LogP contribution in [0.25, 0.3) is 0 Å². The Morgan fingerprint density at radius 1 is 1.06 bits per heavy atom. The molecule has 0 heterocycles. The topological polar surface area (TPSA) is 0 Å². The molecular formula is C18H36. The van der Waals surface area contributed by atoms with Crippen molar-refractivity contribution in [2.45, 2.75) is 74.7 Å². The minimum absolute atomic E-state index is 0.546. The van der Waals surface area contributed by atoms with Crippen molar-refractivity contribution in [2.24, 2.45) is 40.9 Å². The van der Waals surface area contributed by atoms with Crippen molar-refractivity contribution in [2.75, 3.05) is 0 Å². The molecule has 0 radical (unpaired) electrons. The van der Waals surface area contributed by atoms with E-state index in [0.717, 1.165) is 35.5 Å². The van der Waals surface area contributed by atoms with Crippen LogP contribution in [0, 0.1) is 40.9 Å². The molecule has 5 unspecified atom stereocenters. The van der Waals surface area contributed by atoms with E-state index in [1.54, 1.807) is 0 Å². The molecule has 1 rings (SSSR count). The lowest BCUT2D eigenvalue weighted by Crippen LogP contribution is -2.32. The largest absolute Gasteiger partial charge is 0.0651 e. The lowest BCUT2D eigenvalue weighted by atomic mass is 9.65. The van der Waals surface area contributed by atoms with Gasteiger partial charge in [0.1, 0.15) is 0 Å². The molecular weight excluding hydrogens is 216 g/mol. The van der Waals surface area contributed by atoms with E-state index in [4.69, 9.17) is 0 Å². The molecule has 0 aromatic heterocycles. The van der Waals surface area contributed by atoms with E-state index in [1.165, 1.54) is 19.3 Å². The van der Waals surface area contributed by atoms with Crippen LogP contribution in [0.5, 0.6) is 0 Å². The maximum absolute atomic E-state index is 2.53. The lowest BCUT2D eigenvalue weighted by molar-refractivity contribution is 0.0919. The molecule has 0 amide bonds. The molecule has 0 saturated heterocycles. The summed E-state index contributed by atoms with van der Waals surface area (Å²) in [5, 5.41) is 0. The predicted molar refractivity (Wildman–Crippen MR) is 82.6 cm³/mol. The van der Waals surface area contributed by atoms with E-state index < -0.39 is 0 Å². The van der Waals surface area contributed by atoms with Gasteiger partial charge in [-0.1, -0.05) is 61.8 Å². The summed E-state index contributed by atoms with van der Waals surface area (Å²) in [5.41, 5.74) is 0.546. The minimum Gasteiger partial charge on any atom is -0.0651 e. The van der Waals surface area contributed by atoms with Gasteiger partial charge in [-0.2, -0.15) is 0 Å². The van der Waals surface area contributed by atoms with Gasteiger partial charge in [-0.05, 0) is 53.8 Å². The van der Waals surface area contributed by atoms with Gasteiger partial charge in [-0.25, -0.2) is 0 Å². The summed E-state index contributed by atoms with van der Waals surface area (Å²) < 4.78 is 0. The number of hydrogen-bond acceptors (Lipinski definition) is 0. The third-order valence-electron chi connectivity index (χ3n) is 6.03. The standard InChI is InChI=1S/C18H36/c1-9-16(14(5)10-13(4)12(2)3)18(7,8)17-11-15(17)6/h12-17H,9-11H2,1-8H3. The van der Waals surface area contributed by atoms with Crippen LogP contribution in [0.4, 0.5) is 0 Å². The van der Waals surface area contributed by atoms with Crippen LogP contribution >= 0.6 is 0 Å². The Morgan fingerprint density at radius 2 is 1.56 bits per heavy atom. The second-order valence-electron chi connectivity index (χ2n) is 8.09. The fraction of sp³-hybridized carbons (Fsp3) is 1.00. The normalized spacial score (nSPS) is 29.2. The summed E-state index contributed by atoms with van der Waals surface area (Å²) in [4.78, 5) is 0. The molecule has 0 heteroatoms. The summed E-state index contributed by atoms with van der Waals surface area (Å²) in [6.07, 6.45) is 4.22. The number of rotatable bonds is 7. The lowest BCUT2D eigenvalue weighted by Gasteiger charge is -2.40. The van der Waals surface area contributed by atoms with E-state index in [2.05, 4.69) is 55.4 Å². The highest BCUT2D eigenvalue weighted by atomic mass is 14.5. The van der Waals surface area contributed by atoms with Crippen molar-refractivity contribution >= 4 is 0 Å². The maximum atomic E-state index is 2.53. The van der Waals surface area contributed by atoms with E-state index in [0.29, 0.717) is 5.41 Å². The first-order chi connectivity index (χ1) is 8.21. The Morgan fingerprint density at radius 3 is 1.89 bits per heavy atom. The average Bonchev–Trinajstić information content (AvgIpc) is 2.96. The summed E-state index contributed by atoms with van der Waals surface area (Å²) in [5.74, 6) is 5.42. The van der Waals surface area contributed by atoms with Gasteiger partial charge in [-0.3, -0.25) is 0 Å². The molecule has 1 saturated carbocycles. The van der Waals surface area contributed by atoms with Gasteiger partial charge >= 0.3 is 0 Å². The molecule has 0 spiro atoms. The average molecular weight is 252 g/mol. The van der Waals surface area contributed by atoms with Gasteiger partial charge in [0.2, 0.25) is 0 Å². The molecule has 1 aliphatic rings. The van der Waals surface area contributed by atoms with Crippen molar-refractivity contribution in [3.05, 3.63) is 0 Å². The fourth-order valence-corrected chi connectivity index (χ4v) is 4.32. The monoisotopic (exact) mass is 252 g/mol. The smallest absolute Gasteiger partial charge is 0.0293 e. The Hall–Kier alpha value is 0. The first-order valence-electron chi connectivity index (χ1n) is 8.21. The first kappa shape index (κ1) is 16.1. The van der Waals surface area contributed by atoms with E-state index in [1.807, 2.05) is 0 Å². The Kier molecular flexibility index (Phi) is 5.32. The third kappa shape index (κ3) is 3.52. The summed E-state index contributed by atoms with van der Waals surface area (Å²) in [6.45, 7) is 19.6.